The maximum Gasteiger partial charge on any atom is 0.135 e. The first-order valence-electron chi connectivity index (χ1n) is 20.5. The molecule has 9 rings (SSSR count). The third kappa shape index (κ3) is 7.77. The van der Waals surface area contributed by atoms with E-state index >= 15 is 0 Å². The average Bonchev–Trinajstić information content (AvgIpc) is 3.76. The van der Waals surface area contributed by atoms with Gasteiger partial charge in [-0.2, -0.15) is 6.07 Å². The summed E-state index contributed by atoms with van der Waals surface area (Å²) in [5.41, 5.74) is 12.0. The Kier molecular flexibility index (Phi) is 10.6. The molecular weight excluding hydrogens is 916 g/mol. The topological polar surface area (TPSA) is 33.5 Å². The Morgan fingerprint density at radius 2 is 1.22 bits per heavy atom. The number of para-hydroxylation sites is 2. The second kappa shape index (κ2) is 15.4. The maximum absolute atomic E-state index is 6.83. The summed E-state index contributed by atoms with van der Waals surface area (Å²) in [7, 11) is 0. The number of hydrogen-bond donors (Lipinski definition) is 0. The summed E-state index contributed by atoms with van der Waals surface area (Å²) < 4.78 is 9.06. The summed E-state index contributed by atoms with van der Waals surface area (Å²) in [4.78, 5) is 9.43. The number of hydrogen-bond acceptors (Lipinski definition) is 4. The molecule has 0 unspecified atom stereocenters. The van der Waals surface area contributed by atoms with Gasteiger partial charge in [0.05, 0.1) is 0 Å². The van der Waals surface area contributed by atoms with E-state index in [2.05, 4.69) is 223 Å². The quantitative estimate of drug-likeness (QED) is 0.156. The van der Waals surface area contributed by atoms with Gasteiger partial charge in [0.15, 0.2) is 0 Å². The number of benzene rings is 6. The van der Waals surface area contributed by atoms with Crippen LogP contribution >= 0.6 is 0 Å². The van der Waals surface area contributed by atoms with Crippen LogP contribution in [0.1, 0.15) is 79.0 Å². The van der Waals surface area contributed by atoms with E-state index in [1.54, 1.807) is 0 Å². The van der Waals surface area contributed by atoms with E-state index in [4.69, 9.17) is 9.72 Å². The SMILES string of the molecule is CC(C)(C)c1cc(Oc2[c-]c3c(cc2)c2cc(-c4ccccc4)ccc2n3-c2cc(C(C)(C)C)ccn2)[c-]c(N2[CH-]N(c3cccc(C(C)(C)C)c3)c3ccccc32)c1.[Pt]. The Labute approximate surface area is 369 Å². The van der Waals surface area contributed by atoms with Crippen molar-refractivity contribution in [3.05, 3.63) is 175 Å². The molecule has 0 fully saturated rings. The molecule has 0 saturated carbocycles. The fraction of sp³-hybridized carbons (Fsp3) is 0.222. The minimum atomic E-state index is -0.151. The second-order valence-corrected chi connectivity index (χ2v) is 18.8. The van der Waals surface area contributed by atoms with Crippen molar-refractivity contribution in [2.45, 2.75) is 78.6 Å². The van der Waals surface area contributed by atoms with Gasteiger partial charge < -0.3 is 19.1 Å². The number of fused-ring (bicyclic) bond motifs is 4. The van der Waals surface area contributed by atoms with Gasteiger partial charge in [0.1, 0.15) is 5.82 Å². The Hall–Kier alpha value is -5.64. The van der Waals surface area contributed by atoms with Gasteiger partial charge in [0.2, 0.25) is 0 Å². The molecule has 3 heterocycles. The van der Waals surface area contributed by atoms with Crippen molar-refractivity contribution in [2.75, 3.05) is 9.80 Å². The van der Waals surface area contributed by atoms with Crippen molar-refractivity contribution in [1.29, 1.82) is 0 Å². The molecule has 0 bridgehead atoms. The Balaban J connectivity index is 0.00000499. The summed E-state index contributed by atoms with van der Waals surface area (Å²) in [6, 6.07) is 54.8. The minimum absolute atomic E-state index is 0. The van der Waals surface area contributed by atoms with Gasteiger partial charge in [-0.15, -0.1) is 53.6 Å². The van der Waals surface area contributed by atoms with Gasteiger partial charge in [-0.1, -0.05) is 135 Å². The molecule has 5 nitrogen and oxygen atoms in total. The van der Waals surface area contributed by atoms with Crippen molar-refractivity contribution < 1.29 is 25.8 Å². The molecule has 0 spiro atoms. The van der Waals surface area contributed by atoms with E-state index in [0.717, 1.165) is 61.5 Å². The molecule has 0 amide bonds. The summed E-state index contributed by atoms with van der Waals surface area (Å²) in [5, 5.41) is 2.22. The molecular formula is C54H51N4OPt-3. The minimum Gasteiger partial charge on any atom is -0.509 e. The summed E-state index contributed by atoms with van der Waals surface area (Å²) in [6.07, 6.45) is 1.91. The molecule has 0 radical (unpaired) electrons. The van der Waals surface area contributed by atoms with Crippen LogP contribution in [0, 0.1) is 18.8 Å². The first kappa shape index (κ1) is 41.1. The largest absolute Gasteiger partial charge is 0.509 e. The van der Waals surface area contributed by atoms with Crippen molar-refractivity contribution in [2.24, 2.45) is 0 Å². The Morgan fingerprint density at radius 3 is 1.93 bits per heavy atom. The van der Waals surface area contributed by atoms with Crippen LogP contribution in [0.15, 0.2) is 140 Å². The van der Waals surface area contributed by atoms with Gasteiger partial charge in [0.25, 0.3) is 0 Å². The van der Waals surface area contributed by atoms with Crippen molar-refractivity contribution >= 4 is 44.6 Å². The van der Waals surface area contributed by atoms with Crippen LogP contribution in [-0.2, 0) is 37.3 Å². The number of ether oxygens (including phenoxy) is 1. The number of nitrogens with zero attached hydrogens (tertiary/aromatic N) is 4. The Bertz CT molecular complexity index is 2860. The number of aromatic nitrogens is 2. The zero-order valence-corrected chi connectivity index (χ0v) is 38.1. The predicted molar refractivity (Wildman–Crippen MR) is 246 cm³/mol. The number of pyridine rings is 1. The van der Waals surface area contributed by atoms with Gasteiger partial charge in [-0.05, 0) is 86.3 Å². The van der Waals surface area contributed by atoms with Crippen LogP contribution in [0.4, 0.5) is 22.7 Å². The van der Waals surface area contributed by atoms with E-state index in [9.17, 15) is 0 Å². The molecule has 0 aliphatic carbocycles. The van der Waals surface area contributed by atoms with Gasteiger partial charge in [-0.25, -0.2) is 4.98 Å². The second-order valence-electron chi connectivity index (χ2n) is 18.8. The van der Waals surface area contributed by atoms with Crippen LogP contribution in [0.3, 0.4) is 0 Å². The third-order valence-electron chi connectivity index (χ3n) is 11.4. The summed E-state index contributed by atoms with van der Waals surface area (Å²) in [5.74, 6) is 2.09. The molecule has 2 aromatic heterocycles. The Morgan fingerprint density at radius 1 is 0.533 bits per heavy atom. The van der Waals surface area contributed by atoms with Gasteiger partial charge in [0, 0.05) is 61.3 Å². The molecule has 6 aromatic carbocycles. The molecule has 306 valence electrons. The number of anilines is 4. The van der Waals surface area contributed by atoms with E-state index < -0.39 is 0 Å². The molecule has 0 saturated heterocycles. The number of rotatable bonds is 6. The van der Waals surface area contributed by atoms with Crippen LogP contribution < -0.4 is 14.5 Å². The maximum atomic E-state index is 6.83. The monoisotopic (exact) mass is 966 g/mol. The van der Waals surface area contributed by atoms with Crippen LogP contribution in [0.5, 0.6) is 11.5 Å². The molecule has 1 aliphatic rings. The fourth-order valence-electron chi connectivity index (χ4n) is 7.94. The normalized spacial score (nSPS) is 13.2. The molecule has 6 heteroatoms. The first-order valence-corrected chi connectivity index (χ1v) is 20.5. The standard InChI is InChI=1S/C54H51N4O.Pt/c1-52(2,3)38-18-15-19-41(29-38)56-35-57(49-21-14-13-20-48(49)56)42-30-40(54(7,8)9)31-44(33-42)59-43-23-24-45-46-28-37(36-16-11-10-12-17-36)22-25-47(46)58(50(45)34-43)51-32-39(26-27-55-51)53(4,5)6;/h10-32,35H,1-9H3;/q-3;. The smallest absolute Gasteiger partial charge is 0.135 e. The van der Waals surface area contributed by atoms with Gasteiger partial charge in [-0.3, -0.25) is 0 Å². The molecule has 8 aromatic rings. The van der Waals surface area contributed by atoms with Crippen molar-refractivity contribution in [1.82, 2.24) is 9.55 Å². The predicted octanol–water partition coefficient (Wildman–Crippen LogP) is 14.5. The average molecular weight is 967 g/mol. The molecule has 60 heavy (non-hydrogen) atoms. The molecule has 0 atom stereocenters. The van der Waals surface area contributed by atoms with Crippen LogP contribution in [-0.4, -0.2) is 9.55 Å². The van der Waals surface area contributed by atoms with Gasteiger partial charge >= 0.3 is 0 Å². The summed E-state index contributed by atoms with van der Waals surface area (Å²) >= 11 is 0. The zero-order valence-electron chi connectivity index (χ0n) is 35.9. The van der Waals surface area contributed by atoms with Crippen LogP contribution in [0.25, 0.3) is 38.8 Å². The van der Waals surface area contributed by atoms with E-state index in [1.165, 1.54) is 16.7 Å². The molecule has 1 aliphatic heterocycles. The van der Waals surface area contributed by atoms with E-state index in [-0.39, 0.29) is 37.3 Å². The third-order valence-corrected chi connectivity index (χ3v) is 11.4. The van der Waals surface area contributed by atoms with Crippen LogP contribution in [0.2, 0.25) is 0 Å². The van der Waals surface area contributed by atoms with Crippen molar-refractivity contribution in [3.8, 4) is 28.4 Å². The van der Waals surface area contributed by atoms with E-state index in [1.807, 2.05) is 12.3 Å². The van der Waals surface area contributed by atoms with Crippen molar-refractivity contribution in [3.63, 3.8) is 0 Å². The van der Waals surface area contributed by atoms with E-state index in [0.29, 0.717) is 11.5 Å². The first-order chi connectivity index (χ1) is 28.1. The molecule has 0 N–H and O–H groups in total. The fourth-order valence-corrected chi connectivity index (χ4v) is 7.94. The zero-order chi connectivity index (χ0) is 41.3. The summed E-state index contributed by atoms with van der Waals surface area (Å²) in [6.45, 7) is 22.4.